The van der Waals surface area contributed by atoms with Crippen molar-refractivity contribution in [1.82, 2.24) is 20.6 Å². The van der Waals surface area contributed by atoms with Crippen molar-refractivity contribution in [3.05, 3.63) is 22.1 Å². The minimum atomic E-state index is -0.518. The van der Waals surface area contributed by atoms with Gasteiger partial charge in [0.15, 0.2) is 5.16 Å². The third-order valence-corrected chi connectivity index (χ3v) is 5.22. The monoisotopic (exact) mass is 396 g/mol. The Balaban J connectivity index is 1.83. The maximum Gasteiger partial charge on any atom is 0.321 e. The molecule has 27 heavy (non-hydrogen) atoms. The maximum atomic E-state index is 12.0. The van der Waals surface area contributed by atoms with Crippen LogP contribution in [0, 0.1) is 5.92 Å². The Labute approximate surface area is 161 Å². The number of rotatable bonds is 6. The van der Waals surface area contributed by atoms with Gasteiger partial charge in [-0.2, -0.15) is 0 Å². The summed E-state index contributed by atoms with van der Waals surface area (Å²) in [7, 11) is 1.24. The van der Waals surface area contributed by atoms with Gasteiger partial charge in [-0.3, -0.25) is 19.7 Å². The molecule has 0 saturated heterocycles. The molecule has 10 heteroatoms. The van der Waals surface area contributed by atoms with Gasteiger partial charge < -0.3 is 15.0 Å². The highest BCUT2D eigenvalue weighted by atomic mass is 32.2. The molecular weight excluding hydrogens is 372 g/mol. The summed E-state index contributed by atoms with van der Waals surface area (Å²) in [5.41, 5.74) is -0.187. The van der Waals surface area contributed by atoms with Gasteiger partial charge in [0.1, 0.15) is 0 Å². The van der Waals surface area contributed by atoms with Crippen molar-refractivity contribution in [3.63, 3.8) is 0 Å². The zero-order valence-electron chi connectivity index (χ0n) is 15.4. The van der Waals surface area contributed by atoms with Crippen LogP contribution in [0.4, 0.5) is 4.79 Å². The number of carbonyl (C=O) groups excluding carboxylic acids is 3. The second kappa shape index (κ2) is 10.1. The first-order valence-electron chi connectivity index (χ1n) is 8.77. The number of aromatic amines is 1. The Bertz CT molecular complexity index is 751. The van der Waals surface area contributed by atoms with Gasteiger partial charge in [0.05, 0.1) is 25.0 Å². The molecule has 0 unspecified atom stereocenters. The Morgan fingerprint density at radius 3 is 2.78 bits per heavy atom. The van der Waals surface area contributed by atoms with Crippen LogP contribution in [0.15, 0.2) is 16.0 Å². The number of nitrogens with one attached hydrogen (secondary N) is 3. The molecule has 2 rings (SSSR count). The molecule has 1 saturated carbocycles. The Morgan fingerprint density at radius 2 is 2.07 bits per heavy atom. The number of carbonyl (C=O) groups is 3. The molecule has 2 atom stereocenters. The zero-order chi connectivity index (χ0) is 19.8. The van der Waals surface area contributed by atoms with Crippen LogP contribution in [0.3, 0.4) is 0 Å². The van der Waals surface area contributed by atoms with E-state index in [2.05, 4.69) is 32.3 Å². The summed E-state index contributed by atoms with van der Waals surface area (Å²) < 4.78 is 4.54. The van der Waals surface area contributed by atoms with Crippen molar-refractivity contribution >= 4 is 29.7 Å². The number of esters is 1. The van der Waals surface area contributed by atoms with E-state index in [1.54, 1.807) is 0 Å². The zero-order valence-corrected chi connectivity index (χ0v) is 16.2. The second-order valence-electron chi connectivity index (χ2n) is 6.47. The average molecular weight is 396 g/mol. The molecule has 0 spiro atoms. The molecule has 3 N–H and O–H groups in total. The number of amides is 3. The van der Waals surface area contributed by atoms with Crippen molar-refractivity contribution in [2.75, 3.05) is 12.9 Å². The lowest BCUT2D eigenvalue weighted by molar-refractivity contribution is -0.139. The molecule has 9 nitrogen and oxygen atoms in total. The highest BCUT2D eigenvalue weighted by Gasteiger charge is 2.23. The average Bonchev–Trinajstić information content (AvgIpc) is 2.61. The molecule has 1 aliphatic carbocycles. The number of H-pyrrole nitrogens is 1. The van der Waals surface area contributed by atoms with E-state index in [0.717, 1.165) is 37.4 Å². The highest BCUT2D eigenvalue weighted by molar-refractivity contribution is 7.99. The Hall–Kier alpha value is -2.36. The van der Waals surface area contributed by atoms with Crippen LogP contribution in [0.5, 0.6) is 0 Å². The van der Waals surface area contributed by atoms with Crippen LogP contribution in [-0.4, -0.2) is 46.8 Å². The van der Waals surface area contributed by atoms with Crippen molar-refractivity contribution in [1.29, 1.82) is 0 Å². The Kier molecular flexibility index (Phi) is 7.83. The van der Waals surface area contributed by atoms with E-state index < -0.39 is 23.5 Å². The van der Waals surface area contributed by atoms with Gasteiger partial charge in [0.25, 0.3) is 5.56 Å². The smallest absolute Gasteiger partial charge is 0.321 e. The highest BCUT2D eigenvalue weighted by Crippen LogP contribution is 2.23. The number of hydrogen-bond donors (Lipinski definition) is 3. The van der Waals surface area contributed by atoms with E-state index in [-0.39, 0.29) is 29.1 Å². The van der Waals surface area contributed by atoms with Crippen LogP contribution in [0.1, 0.15) is 38.3 Å². The van der Waals surface area contributed by atoms with Crippen molar-refractivity contribution in [2.45, 2.75) is 50.2 Å². The standard InChI is InChI=1S/C17H24N4O5S/c1-10-5-3-4-6-12(10)19-16(25)20-14(23)9-27-17-18-11(7-13(22)21-17)8-15(24)26-2/h7,10,12H,3-6,8-9H2,1-2H3,(H,18,21,22)(H2,19,20,23,25)/t10-,12+/m1/s1. The summed E-state index contributed by atoms with van der Waals surface area (Å²) in [5, 5.41) is 5.32. The number of ether oxygens (including phenoxy) is 1. The number of aromatic nitrogens is 2. The molecule has 1 aromatic heterocycles. The molecule has 0 aliphatic heterocycles. The molecular formula is C17H24N4O5S. The van der Waals surface area contributed by atoms with Crippen molar-refractivity contribution < 1.29 is 19.1 Å². The van der Waals surface area contributed by atoms with Gasteiger partial charge in [0.2, 0.25) is 5.91 Å². The first-order chi connectivity index (χ1) is 12.9. The third-order valence-electron chi connectivity index (χ3n) is 4.35. The third kappa shape index (κ3) is 7.05. The lowest BCUT2D eigenvalue weighted by Gasteiger charge is -2.29. The van der Waals surface area contributed by atoms with Crippen molar-refractivity contribution in [2.24, 2.45) is 5.92 Å². The summed E-state index contributed by atoms with van der Waals surface area (Å²) in [4.78, 5) is 53.4. The number of imide groups is 1. The van der Waals surface area contributed by atoms with E-state index in [9.17, 15) is 19.2 Å². The van der Waals surface area contributed by atoms with Crippen LogP contribution in [0.25, 0.3) is 0 Å². The SMILES string of the molecule is COC(=O)Cc1cc(=O)[nH]c(SCC(=O)NC(=O)N[C@H]2CCCC[C@H]2C)n1. The fraction of sp³-hybridized carbons (Fsp3) is 0.588. The first-order valence-corrected chi connectivity index (χ1v) is 9.76. The van der Waals surface area contributed by atoms with E-state index in [4.69, 9.17) is 0 Å². The predicted octanol–water partition coefficient (Wildman–Crippen LogP) is 0.982. The molecule has 0 bridgehead atoms. The molecule has 148 valence electrons. The van der Waals surface area contributed by atoms with Crippen LogP contribution in [0.2, 0.25) is 0 Å². The predicted molar refractivity (Wildman–Crippen MR) is 99.4 cm³/mol. The topological polar surface area (TPSA) is 130 Å². The number of urea groups is 1. The number of hydrogen-bond acceptors (Lipinski definition) is 7. The minimum Gasteiger partial charge on any atom is -0.469 e. The summed E-state index contributed by atoms with van der Waals surface area (Å²) in [6.45, 7) is 2.09. The van der Waals surface area contributed by atoms with Crippen molar-refractivity contribution in [3.8, 4) is 0 Å². The molecule has 3 amide bonds. The van der Waals surface area contributed by atoms with Crippen LogP contribution in [-0.2, 0) is 20.7 Å². The summed E-state index contributed by atoms with van der Waals surface area (Å²) in [6.07, 6.45) is 4.07. The van der Waals surface area contributed by atoms with E-state index in [1.807, 2.05) is 0 Å². The van der Waals surface area contributed by atoms with E-state index in [1.165, 1.54) is 13.2 Å². The second-order valence-corrected chi connectivity index (χ2v) is 7.44. The number of methoxy groups -OCH3 is 1. The molecule has 1 heterocycles. The van der Waals surface area contributed by atoms with Crippen LogP contribution < -0.4 is 16.2 Å². The minimum absolute atomic E-state index is 0.0761. The van der Waals surface area contributed by atoms with Gasteiger partial charge >= 0.3 is 12.0 Å². The molecule has 1 fully saturated rings. The van der Waals surface area contributed by atoms with Gasteiger partial charge in [-0.05, 0) is 18.8 Å². The summed E-state index contributed by atoms with van der Waals surface area (Å²) >= 11 is 0.969. The molecule has 1 aromatic rings. The molecule has 0 radical (unpaired) electrons. The first kappa shape index (κ1) is 20.9. The van der Waals surface area contributed by atoms with Gasteiger partial charge in [0, 0.05) is 12.1 Å². The number of nitrogens with zero attached hydrogens (tertiary/aromatic N) is 1. The molecule has 0 aromatic carbocycles. The van der Waals surface area contributed by atoms with E-state index >= 15 is 0 Å². The normalized spacial score (nSPS) is 19.2. The van der Waals surface area contributed by atoms with Gasteiger partial charge in [-0.15, -0.1) is 0 Å². The lowest BCUT2D eigenvalue weighted by Crippen LogP contribution is -2.48. The summed E-state index contributed by atoms with van der Waals surface area (Å²) in [5.74, 6) is -0.726. The van der Waals surface area contributed by atoms with Gasteiger partial charge in [-0.1, -0.05) is 31.5 Å². The summed E-state index contributed by atoms with van der Waals surface area (Å²) in [6, 6.07) is 0.757. The van der Waals surface area contributed by atoms with Crippen LogP contribution >= 0.6 is 11.8 Å². The largest absolute Gasteiger partial charge is 0.469 e. The lowest BCUT2D eigenvalue weighted by atomic mass is 9.86. The molecule has 1 aliphatic rings. The number of thioether (sulfide) groups is 1. The van der Waals surface area contributed by atoms with Gasteiger partial charge in [-0.25, -0.2) is 9.78 Å². The Morgan fingerprint density at radius 1 is 1.33 bits per heavy atom. The maximum absolute atomic E-state index is 12.0. The van der Waals surface area contributed by atoms with E-state index in [0.29, 0.717) is 5.92 Å². The quantitative estimate of drug-likeness (QED) is 0.371. The fourth-order valence-corrected chi connectivity index (χ4v) is 3.59. The fourth-order valence-electron chi connectivity index (χ4n) is 2.89.